The van der Waals surface area contributed by atoms with E-state index in [-0.39, 0.29) is 18.9 Å². The lowest BCUT2D eigenvalue weighted by Crippen LogP contribution is -2.32. The second kappa shape index (κ2) is 10.7. The van der Waals surface area contributed by atoms with Gasteiger partial charge < -0.3 is 19.5 Å². The van der Waals surface area contributed by atoms with E-state index >= 15 is 0 Å². The van der Waals surface area contributed by atoms with Gasteiger partial charge in [-0.1, -0.05) is 37.3 Å². The van der Waals surface area contributed by atoms with Crippen LogP contribution in [0.5, 0.6) is 5.75 Å². The van der Waals surface area contributed by atoms with Gasteiger partial charge in [0, 0.05) is 12.1 Å². The van der Waals surface area contributed by atoms with Gasteiger partial charge in [0.25, 0.3) is 0 Å². The van der Waals surface area contributed by atoms with Gasteiger partial charge in [-0.2, -0.15) is 0 Å². The molecule has 0 spiro atoms. The maximum atomic E-state index is 12.1. The van der Waals surface area contributed by atoms with Crippen molar-refractivity contribution in [1.82, 2.24) is 5.32 Å². The molecule has 0 atom stereocenters. The summed E-state index contributed by atoms with van der Waals surface area (Å²) in [5.74, 6) is 0.445. The minimum absolute atomic E-state index is 0.217. The zero-order chi connectivity index (χ0) is 22.1. The van der Waals surface area contributed by atoms with Crippen LogP contribution in [0.3, 0.4) is 0 Å². The fraction of sp³-hybridized carbons (Fsp3) is 0.417. The molecule has 0 unspecified atom stereocenters. The Morgan fingerprint density at radius 3 is 2.43 bits per heavy atom. The summed E-state index contributed by atoms with van der Waals surface area (Å²) in [5, 5.41) is 2.79. The van der Waals surface area contributed by atoms with E-state index in [1.807, 2.05) is 70.2 Å². The molecule has 0 saturated carbocycles. The molecule has 0 aliphatic carbocycles. The maximum Gasteiger partial charge on any atom is 0.407 e. The summed E-state index contributed by atoms with van der Waals surface area (Å²) < 4.78 is 15.9. The van der Waals surface area contributed by atoms with Gasteiger partial charge in [-0.15, -0.1) is 0 Å². The highest BCUT2D eigenvalue weighted by molar-refractivity contribution is 5.74. The monoisotopic (exact) mass is 413 g/mol. The Kier molecular flexibility index (Phi) is 8.27. The van der Waals surface area contributed by atoms with Gasteiger partial charge >= 0.3 is 12.1 Å². The maximum absolute atomic E-state index is 12.1. The molecule has 2 rings (SSSR count). The molecule has 2 aromatic rings. The number of hydrogen-bond donors (Lipinski definition) is 1. The van der Waals surface area contributed by atoms with Gasteiger partial charge in [0.05, 0.1) is 20.1 Å². The van der Waals surface area contributed by atoms with Crippen molar-refractivity contribution in [2.75, 3.05) is 13.7 Å². The van der Waals surface area contributed by atoms with Gasteiger partial charge in [0.1, 0.15) is 11.4 Å². The molecule has 162 valence electrons. The highest BCUT2D eigenvalue weighted by atomic mass is 16.6. The van der Waals surface area contributed by atoms with Gasteiger partial charge in [-0.05, 0) is 56.0 Å². The summed E-state index contributed by atoms with van der Waals surface area (Å²) in [7, 11) is 1.38. The van der Waals surface area contributed by atoms with Crippen LogP contribution < -0.4 is 10.1 Å². The van der Waals surface area contributed by atoms with Crippen LogP contribution in [0.2, 0.25) is 0 Å². The Morgan fingerprint density at radius 2 is 1.77 bits per heavy atom. The standard InChI is InChI=1S/C24H31NO5/c1-6-12-29-21-11-10-19(15-20(21)16-25-23(27)30-24(2,3)4)18-9-7-8-17(13-18)14-22(26)28-5/h7-11,13,15H,6,12,14,16H2,1-5H3,(H,25,27). The van der Waals surface area contributed by atoms with Crippen molar-refractivity contribution >= 4 is 12.1 Å². The molecule has 0 aliphatic heterocycles. The zero-order valence-corrected chi connectivity index (χ0v) is 18.4. The zero-order valence-electron chi connectivity index (χ0n) is 18.4. The molecule has 1 N–H and O–H groups in total. The molecule has 0 aliphatic rings. The summed E-state index contributed by atoms with van der Waals surface area (Å²) in [6.45, 7) is 8.38. The predicted molar refractivity (Wildman–Crippen MR) is 116 cm³/mol. The number of esters is 1. The summed E-state index contributed by atoms with van der Waals surface area (Å²) in [5.41, 5.74) is 3.10. The van der Waals surface area contributed by atoms with Crippen LogP contribution in [0.4, 0.5) is 4.79 Å². The van der Waals surface area contributed by atoms with E-state index < -0.39 is 11.7 Å². The third kappa shape index (κ3) is 7.43. The Bertz CT molecular complexity index is 870. The number of amides is 1. The molecule has 30 heavy (non-hydrogen) atoms. The smallest absolute Gasteiger partial charge is 0.407 e. The Labute approximate surface area is 178 Å². The van der Waals surface area contributed by atoms with Crippen LogP contribution >= 0.6 is 0 Å². The van der Waals surface area contributed by atoms with Crippen LogP contribution in [0, 0.1) is 0 Å². The average molecular weight is 414 g/mol. The summed E-state index contributed by atoms with van der Waals surface area (Å²) in [6.07, 6.45) is 0.625. The molecule has 2 aromatic carbocycles. The van der Waals surface area contributed by atoms with Gasteiger partial charge in [0.2, 0.25) is 0 Å². The van der Waals surface area contributed by atoms with Crippen molar-refractivity contribution in [2.45, 2.75) is 52.7 Å². The molecule has 0 saturated heterocycles. The number of benzene rings is 2. The second-order valence-corrected chi connectivity index (χ2v) is 7.98. The molecule has 0 radical (unpaired) electrons. The summed E-state index contributed by atoms with van der Waals surface area (Å²) >= 11 is 0. The number of rotatable bonds is 8. The Hall–Kier alpha value is -3.02. The van der Waals surface area contributed by atoms with Gasteiger partial charge in [-0.3, -0.25) is 4.79 Å². The van der Waals surface area contributed by atoms with Crippen LogP contribution in [-0.4, -0.2) is 31.4 Å². The predicted octanol–water partition coefficient (Wildman–Crippen LogP) is 4.88. The van der Waals surface area contributed by atoms with Crippen molar-refractivity contribution in [3.8, 4) is 16.9 Å². The Morgan fingerprint density at radius 1 is 1.03 bits per heavy atom. The molecule has 6 heteroatoms. The van der Waals surface area contributed by atoms with E-state index in [4.69, 9.17) is 14.2 Å². The first-order chi connectivity index (χ1) is 14.2. The number of carbonyl (C=O) groups is 2. The second-order valence-electron chi connectivity index (χ2n) is 7.98. The highest BCUT2D eigenvalue weighted by Gasteiger charge is 2.17. The molecule has 0 bridgehead atoms. The fourth-order valence-corrected chi connectivity index (χ4v) is 2.83. The average Bonchev–Trinajstić information content (AvgIpc) is 2.69. The molecule has 0 heterocycles. The number of carbonyl (C=O) groups excluding carboxylic acids is 2. The SMILES string of the molecule is CCCOc1ccc(-c2cccc(CC(=O)OC)c2)cc1CNC(=O)OC(C)(C)C. The van der Waals surface area contributed by atoms with Crippen LogP contribution in [-0.2, 0) is 27.2 Å². The first-order valence-corrected chi connectivity index (χ1v) is 10.1. The lowest BCUT2D eigenvalue weighted by Gasteiger charge is -2.20. The summed E-state index contributed by atoms with van der Waals surface area (Å²) in [4.78, 5) is 23.7. The van der Waals surface area contributed by atoms with Crippen LogP contribution in [0.25, 0.3) is 11.1 Å². The van der Waals surface area contributed by atoms with Crippen LogP contribution in [0.15, 0.2) is 42.5 Å². The minimum Gasteiger partial charge on any atom is -0.493 e. The lowest BCUT2D eigenvalue weighted by atomic mass is 9.99. The normalized spacial score (nSPS) is 11.0. The van der Waals surface area contributed by atoms with E-state index in [0.717, 1.165) is 34.4 Å². The lowest BCUT2D eigenvalue weighted by molar-refractivity contribution is -0.139. The molecule has 0 aromatic heterocycles. The first kappa shape index (κ1) is 23.3. The largest absolute Gasteiger partial charge is 0.493 e. The first-order valence-electron chi connectivity index (χ1n) is 10.1. The van der Waals surface area contributed by atoms with Crippen LogP contribution in [0.1, 0.15) is 45.2 Å². The van der Waals surface area contributed by atoms with E-state index in [1.165, 1.54) is 7.11 Å². The van der Waals surface area contributed by atoms with Gasteiger partial charge in [-0.25, -0.2) is 4.79 Å². The highest BCUT2D eigenvalue weighted by Crippen LogP contribution is 2.28. The summed E-state index contributed by atoms with van der Waals surface area (Å²) in [6, 6.07) is 13.6. The number of ether oxygens (including phenoxy) is 3. The van der Waals surface area contributed by atoms with Crippen molar-refractivity contribution in [3.63, 3.8) is 0 Å². The Balaban J connectivity index is 2.25. The molecular weight excluding hydrogens is 382 g/mol. The fourth-order valence-electron chi connectivity index (χ4n) is 2.83. The molecular formula is C24H31NO5. The third-order valence-corrected chi connectivity index (χ3v) is 4.18. The third-order valence-electron chi connectivity index (χ3n) is 4.18. The topological polar surface area (TPSA) is 73.9 Å². The molecule has 1 amide bonds. The molecule has 6 nitrogen and oxygen atoms in total. The number of methoxy groups -OCH3 is 1. The number of nitrogens with one attached hydrogen (secondary N) is 1. The van der Waals surface area contributed by atoms with Gasteiger partial charge in [0.15, 0.2) is 0 Å². The van der Waals surface area contributed by atoms with E-state index in [9.17, 15) is 9.59 Å². The number of hydrogen-bond acceptors (Lipinski definition) is 5. The van der Waals surface area contributed by atoms with Crippen molar-refractivity contribution < 1.29 is 23.8 Å². The van der Waals surface area contributed by atoms with Crippen molar-refractivity contribution in [1.29, 1.82) is 0 Å². The minimum atomic E-state index is -0.562. The molecule has 0 fully saturated rings. The van der Waals surface area contributed by atoms with Crippen molar-refractivity contribution in [2.24, 2.45) is 0 Å². The van der Waals surface area contributed by atoms with E-state index in [1.54, 1.807) is 0 Å². The van der Waals surface area contributed by atoms with Crippen molar-refractivity contribution in [3.05, 3.63) is 53.6 Å². The van der Waals surface area contributed by atoms with E-state index in [0.29, 0.717) is 6.61 Å². The number of alkyl carbamates (subject to hydrolysis) is 1. The van der Waals surface area contributed by atoms with E-state index in [2.05, 4.69) is 5.32 Å². The quantitative estimate of drug-likeness (QED) is 0.624.